The van der Waals surface area contributed by atoms with Crippen LogP contribution < -0.4 is 10.5 Å². The van der Waals surface area contributed by atoms with Crippen LogP contribution in [0.4, 0.5) is 5.82 Å². The molecule has 2 rings (SSSR count). The first kappa shape index (κ1) is 13.1. The van der Waals surface area contributed by atoms with Crippen molar-refractivity contribution in [3.8, 4) is 17.0 Å². The molecule has 1 aromatic carbocycles. The molecule has 0 atom stereocenters. The summed E-state index contributed by atoms with van der Waals surface area (Å²) in [6.45, 7) is 0.136. The number of hydrogen-bond donors (Lipinski definition) is 2. The van der Waals surface area contributed by atoms with Crippen molar-refractivity contribution < 1.29 is 14.6 Å². The van der Waals surface area contributed by atoms with Gasteiger partial charge in [0.15, 0.2) is 6.29 Å². The number of nitrogens with zero attached hydrogens (tertiary/aromatic N) is 2. The number of rotatable bonds is 5. The van der Waals surface area contributed by atoms with Gasteiger partial charge >= 0.3 is 0 Å². The molecule has 3 N–H and O–H groups in total. The van der Waals surface area contributed by atoms with Gasteiger partial charge in [0.25, 0.3) is 0 Å². The summed E-state index contributed by atoms with van der Waals surface area (Å²) in [6, 6.07) is 7.24. The fourth-order valence-corrected chi connectivity index (χ4v) is 1.91. The van der Waals surface area contributed by atoms with Gasteiger partial charge < -0.3 is 15.6 Å². The number of ether oxygens (including phenoxy) is 1. The number of methoxy groups -OCH3 is 1. The highest BCUT2D eigenvalue weighted by Gasteiger charge is 2.18. The van der Waals surface area contributed by atoms with Gasteiger partial charge in [-0.25, -0.2) is 4.68 Å². The summed E-state index contributed by atoms with van der Waals surface area (Å²) < 4.78 is 6.66. The van der Waals surface area contributed by atoms with Crippen LogP contribution in [-0.2, 0) is 6.54 Å². The number of nitrogen functional groups attached to an aromatic ring is 1. The van der Waals surface area contributed by atoms with Crippen molar-refractivity contribution in [1.29, 1.82) is 0 Å². The minimum atomic E-state index is -0.102. The maximum Gasteiger partial charge on any atom is 0.156 e. The molecule has 6 nitrogen and oxygen atoms in total. The van der Waals surface area contributed by atoms with Gasteiger partial charge in [0.05, 0.1) is 25.8 Å². The van der Waals surface area contributed by atoms with Crippen LogP contribution in [0.5, 0.6) is 5.75 Å². The van der Waals surface area contributed by atoms with Crippen LogP contribution in [0.15, 0.2) is 24.3 Å². The number of hydrogen-bond acceptors (Lipinski definition) is 5. The first-order valence-electron chi connectivity index (χ1n) is 5.78. The van der Waals surface area contributed by atoms with E-state index in [0.29, 0.717) is 28.9 Å². The molecule has 0 fully saturated rings. The second-order valence-electron chi connectivity index (χ2n) is 3.91. The van der Waals surface area contributed by atoms with Crippen LogP contribution in [0, 0.1) is 0 Å². The van der Waals surface area contributed by atoms with E-state index in [-0.39, 0.29) is 19.0 Å². The van der Waals surface area contributed by atoms with Crippen molar-refractivity contribution in [1.82, 2.24) is 9.78 Å². The number of nitrogens with two attached hydrogens (primary N) is 1. The second-order valence-corrected chi connectivity index (χ2v) is 3.91. The Labute approximate surface area is 110 Å². The van der Waals surface area contributed by atoms with E-state index in [0.717, 1.165) is 0 Å². The third-order valence-corrected chi connectivity index (χ3v) is 2.82. The minimum Gasteiger partial charge on any atom is -0.496 e. The highest BCUT2D eigenvalue weighted by molar-refractivity contribution is 5.92. The Hall–Kier alpha value is -2.34. The quantitative estimate of drug-likeness (QED) is 0.782. The lowest BCUT2D eigenvalue weighted by molar-refractivity contribution is 0.112. The Morgan fingerprint density at radius 2 is 2.21 bits per heavy atom. The van der Waals surface area contributed by atoms with Crippen LogP contribution in [0.25, 0.3) is 11.3 Å². The summed E-state index contributed by atoms with van der Waals surface area (Å²) in [5.41, 5.74) is 7.30. The lowest BCUT2D eigenvalue weighted by Crippen LogP contribution is -2.08. The standard InChI is InChI=1S/C13H15N3O3/c1-19-11-5-3-2-4-9(11)12-10(8-18)13(14)16(15-12)6-7-17/h2-5,8,17H,6-7,14H2,1H3. The molecule has 0 saturated carbocycles. The average molecular weight is 261 g/mol. The van der Waals surface area contributed by atoms with Gasteiger partial charge in [-0.05, 0) is 12.1 Å². The van der Waals surface area contributed by atoms with E-state index < -0.39 is 0 Å². The molecule has 0 aliphatic heterocycles. The maximum atomic E-state index is 11.2. The fourth-order valence-electron chi connectivity index (χ4n) is 1.91. The van der Waals surface area contributed by atoms with Gasteiger partial charge in [-0.15, -0.1) is 0 Å². The molecule has 0 aliphatic rings. The summed E-state index contributed by atoms with van der Waals surface area (Å²) in [5.74, 6) is 0.851. The zero-order chi connectivity index (χ0) is 13.8. The maximum absolute atomic E-state index is 11.2. The Bertz CT molecular complexity index is 593. The number of aliphatic hydroxyl groups excluding tert-OH is 1. The molecule has 0 aliphatic carbocycles. The molecular formula is C13H15N3O3. The predicted octanol–water partition coefficient (Wildman–Crippen LogP) is 0.946. The number of aliphatic hydroxyl groups is 1. The number of carbonyl (C=O) groups is 1. The lowest BCUT2D eigenvalue weighted by atomic mass is 10.1. The Kier molecular flexibility index (Phi) is 3.82. The van der Waals surface area contributed by atoms with Gasteiger partial charge in [0.2, 0.25) is 0 Å². The van der Waals surface area contributed by atoms with E-state index in [4.69, 9.17) is 15.6 Å². The monoisotopic (exact) mass is 261 g/mol. The molecule has 19 heavy (non-hydrogen) atoms. The van der Waals surface area contributed by atoms with Crippen molar-refractivity contribution >= 4 is 12.1 Å². The number of aromatic nitrogens is 2. The SMILES string of the molecule is COc1ccccc1-c1nn(CCO)c(N)c1C=O. The topological polar surface area (TPSA) is 90.4 Å². The van der Waals surface area contributed by atoms with Gasteiger partial charge in [-0.2, -0.15) is 5.10 Å². The molecule has 6 heteroatoms. The Balaban J connectivity index is 2.61. The minimum absolute atomic E-state index is 0.102. The molecule has 1 heterocycles. The lowest BCUT2D eigenvalue weighted by Gasteiger charge is -2.05. The van der Waals surface area contributed by atoms with Crippen molar-refractivity contribution in [3.05, 3.63) is 29.8 Å². The van der Waals surface area contributed by atoms with Crippen LogP contribution in [0.1, 0.15) is 10.4 Å². The molecule has 0 amide bonds. The third kappa shape index (κ3) is 2.30. The molecule has 0 spiro atoms. The summed E-state index contributed by atoms with van der Waals surface area (Å²) in [5, 5.41) is 13.2. The van der Waals surface area contributed by atoms with E-state index >= 15 is 0 Å². The summed E-state index contributed by atoms with van der Waals surface area (Å²) in [4.78, 5) is 11.2. The number of aldehydes is 1. The number of benzene rings is 1. The molecule has 0 radical (unpaired) electrons. The van der Waals surface area contributed by atoms with Crippen molar-refractivity contribution in [2.75, 3.05) is 19.5 Å². The number of para-hydroxylation sites is 1. The molecular weight excluding hydrogens is 246 g/mol. The smallest absolute Gasteiger partial charge is 0.156 e. The first-order valence-corrected chi connectivity index (χ1v) is 5.78. The Morgan fingerprint density at radius 3 is 2.84 bits per heavy atom. The van der Waals surface area contributed by atoms with E-state index in [1.54, 1.807) is 19.2 Å². The van der Waals surface area contributed by atoms with Crippen molar-refractivity contribution in [2.45, 2.75) is 6.54 Å². The largest absolute Gasteiger partial charge is 0.496 e. The van der Waals surface area contributed by atoms with Crippen molar-refractivity contribution in [3.63, 3.8) is 0 Å². The molecule has 100 valence electrons. The molecule has 0 saturated heterocycles. The number of carbonyl (C=O) groups excluding carboxylic acids is 1. The molecule has 1 aromatic heterocycles. The van der Waals surface area contributed by atoms with Crippen LogP contribution in [0.3, 0.4) is 0 Å². The summed E-state index contributed by atoms with van der Waals surface area (Å²) >= 11 is 0. The van der Waals surface area contributed by atoms with Gasteiger partial charge in [-0.1, -0.05) is 12.1 Å². The van der Waals surface area contributed by atoms with Crippen molar-refractivity contribution in [2.24, 2.45) is 0 Å². The highest BCUT2D eigenvalue weighted by atomic mass is 16.5. The van der Waals surface area contributed by atoms with E-state index in [1.165, 1.54) is 4.68 Å². The number of anilines is 1. The molecule has 0 bridgehead atoms. The average Bonchev–Trinajstić information content (AvgIpc) is 2.75. The molecule has 0 unspecified atom stereocenters. The highest BCUT2D eigenvalue weighted by Crippen LogP contribution is 2.32. The van der Waals surface area contributed by atoms with Gasteiger partial charge in [0.1, 0.15) is 17.3 Å². The van der Waals surface area contributed by atoms with E-state index in [2.05, 4.69) is 5.10 Å². The molecule has 2 aromatic rings. The third-order valence-electron chi connectivity index (χ3n) is 2.82. The Morgan fingerprint density at radius 1 is 1.47 bits per heavy atom. The van der Waals surface area contributed by atoms with E-state index in [9.17, 15) is 4.79 Å². The summed E-state index contributed by atoms with van der Waals surface area (Å²) in [7, 11) is 1.55. The van der Waals surface area contributed by atoms with Crippen LogP contribution >= 0.6 is 0 Å². The van der Waals surface area contributed by atoms with Crippen LogP contribution in [-0.4, -0.2) is 34.9 Å². The zero-order valence-electron chi connectivity index (χ0n) is 10.5. The fraction of sp³-hybridized carbons (Fsp3) is 0.231. The first-order chi connectivity index (χ1) is 9.22. The van der Waals surface area contributed by atoms with Gasteiger partial charge in [0, 0.05) is 5.56 Å². The van der Waals surface area contributed by atoms with Crippen LogP contribution in [0.2, 0.25) is 0 Å². The summed E-state index contributed by atoms with van der Waals surface area (Å²) in [6.07, 6.45) is 0.665. The normalized spacial score (nSPS) is 10.4. The van der Waals surface area contributed by atoms with Gasteiger partial charge in [-0.3, -0.25) is 4.79 Å². The second kappa shape index (κ2) is 5.53. The van der Waals surface area contributed by atoms with E-state index in [1.807, 2.05) is 12.1 Å². The predicted molar refractivity (Wildman–Crippen MR) is 71.1 cm³/mol. The zero-order valence-corrected chi connectivity index (χ0v) is 10.5.